The van der Waals surface area contributed by atoms with Crippen LogP contribution in [0.25, 0.3) is 0 Å². The van der Waals surface area contributed by atoms with Crippen molar-refractivity contribution in [2.45, 2.75) is 46.3 Å². The molecule has 1 aromatic rings. The molecule has 0 radical (unpaired) electrons. The van der Waals surface area contributed by atoms with Crippen LogP contribution in [0.3, 0.4) is 0 Å². The predicted octanol–water partition coefficient (Wildman–Crippen LogP) is 2.31. The number of piperazine rings is 1. The van der Waals surface area contributed by atoms with Gasteiger partial charge in [0, 0.05) is 25.7 Å². The maximum Gasteiger partial charge on any atom is 0.118 e. The van der Waals surface area contributed by atoms with E-state index in [1.54, 1.807) is 0 Å². The molecule has 0 spiro atoms. The van der Waals surface area contributed by atoms with Crippen LogP contribution in [0.15, 0.2) is 16.5 Å². The van der Waals surface area contributed by atoms with E-state index < -0.39 is 0 Å². The molecule has 4 nitrogen and oxygen atoms in total. The minimum Gasteiger partial charge on any atom is -0.463 e. The lowest BCUT2D eigenvalue weighted by atomic mass is 10.2. The first kappa shape index (κ1) is 15.5. The fourth-order valence-electron chi connectivity index (χ4n) is 2.90. The Labute approximate surface area is 123 Å². The minimum absolute atomic E-state index is 0.648. The third kappa shape index (κ3) is 4.33. The third-order valence-electron chi connectivity index (χ3n) is 4.08. The molecule has 20 heavy (non-hydrogen) atoms. The fraction of sp³-hybridized carbons (Fsp3) is 0.750. The Bertz CT molecular complexity index is 391. The summed E-state index contributed by atoms with van der Waals surface area (Å²) >= 11 is 0. The molecule has 0 aromatic carbocycles. The van der Waals surface area contributed by atoms with E-state index in [1.165, 1.54) is 6.54 Å². The molecule has 1 aromatic heterocycles. The zero-order chi connectivity index (χ0) is 14.4. The van der Waals surface area contributed by atoms with Gasteiger partial charge in [-0.25, -0.2) is 0 Å². The molecule has 1 fully saturated rings. The van der Waals surface area contributed by atoms with Gasteiger partial charge in [-0.3, -0.25) is 9.80 Å². The van der Waals surface area contributed by atoms with E-state index >= 15 is 0 Å². The van der Waals surface area contributed by atoms with Crippen molar-refractivity contribution < 1.29 is 4.42 Å². The molecule has 1 unspecified atom stereocenters. The highest BCUT2D eigenvalue weighted by Gasteiger charge is 2.22. The second kappa shape index (κ2) is 7.81. The summed E-state index contributed by atoms with van der Waals surface area (Å²) in [6.07, 6.45) is 1.16. The van der Waals surface area contributed by atoms with Gasteiger partial charge < -0.3 is 9.73 Å². The van der Waals surface area contributed by atoms with Gasteiger partial charge in [-0.1, -0.05) is 13.8 Å². The summed E-state index contributed by atoms with van der Waals surface area (Å²) in [7, 11) is 0. The van der Waals surface area contributed by atoms with Gasteiger partial charge in [0.1, 0.15) is 11.5 Å². The Morgan fingerprint density at radius 3 is 2.75 bits per heavy atom. The molecule has 4 heteroatoms. The molecule has 0 aliphatic carbocycles. The Kier molecular flexibility index (Phi) is 6.07. The summed E-state index contributed by atoms with van der Waals surface area (Å²) in [6, 6.07) is 4.87. The van der Waals surface area contributed by atoms with Gasteiger partial charge in [-0.05, 0) is 38.6 Å². The lowest BCUT2D eigenvalue weighted by Gasteiger charge is -2.38. The number of likely N-dealkylation sites (N-methyl/N-ethyl adjacent to an activating group) is 1. The summed E-state index contributed by atoms with van der Waals surface area (Å²) in [5, 5.41) is 3.37. The second-order valence-electron chi connectivity index (χ2n) is 5.76. The van der Waals surface area contributed by atoms with E-state index in [0.717, 1.165) is 57.2 Å². The molecule has 0 bridgehead atoms. The van der Waals surface area contributed by atoms with Gasteiger partial charge in [0.2, 0.25) is 0 Å². The highest BCUT2D eigenvalue weighted by Crippen LogP contribution is 2.15. The van der Waals surface area contributed by atoms with Crippen molar-refractivity contribution in [1.29, 1.82) is 0 Å². The maximum atomic E-state index is 5.90. The van der Waals surface area contributed by atoms with E-state index in [9.17, 15) is 0 Å². The van der Waals surface area contributed by atoms with Crippen molar-refractivity contribution in [3.05, 3.63) is 23.7 Å². The average Bonchev–Trinajstić information content (AvgIpc) is 2.87. The number of nitrogens with zero attached hydrogens (tertiary/aromatic N) is 2. The number of hydrogen-bond acceptors (Lipinski definition) is 4. The van der Waals surface area contributed by atoms with Crippen LogP contribution in [0.4, 0.5) is 0 Å². The second-order valence-corrected chi connectivity index (χ2v) is 5.76. The fourth-order valence-corrected chi connectivity index (χ4v) is 2.90. The first-order valence-corrected chi connectivity index (χ1v) is 7.97. The van der Waals surface area contributed by atoms with Gasteiger partial charge in [-0.15, -0.1) is 0 Å². The van der Waals surface area contributed by atoms with Gasteiger partial charge in [-0.2, -0.15) is 0 Å². The molecule has 2 heterocycles. The predicted molar refractivity (Wildman–Crippen MR) is 82.7 cm³/mol. The molecule has 1 aliphatic heterocycles. The van der Waals surface area contributed by atoms with Crippen LogP contribution >= 0.6 is 0 Å². The van der Waals surface area contributed by atoms with Crippen molar-refractivity contribution in [1.82, 2.24) is 15.1 Å². The normalized spacial score (nSPS) is 21.4. The molecule has 1 N–H and O–H groups in total. The number of furan rings is 1. The van der Waals surface area contributed by atoms with Crippen LogP contribution in [-0.2, 0) is 13.1 Å². The van der Waals surface area contributed by atoms with Crippen LogP contribution in [0, 0.1) is 0 Å². The van der Waals surface area contributed by atoms with E-state index in [0.29, 0.717) is 6.04 Å². The molecule has 114 valence electrons. The zero-order valence-electron chi connectivity index (χ0n) is 13.2. The number of hydrogen-bond donors (Lipinski definition) is 1. The van der Waals surface area contributed by atoms with Gasteiger partial charge in [0.05, 0.1) is 13.1 Å². The number of nitrogens with one attached hydrogen (secondary N) is 1. The first-order chi connectivity index (χ1) is 9.72. The van der Waals surface area contributed by atoms with Crippen LogP contribution < -0.4 is 5.32 Å². The topological polar surface area (TPSA) is 31.6 Å². The maximum absolute atomic E-state index is 5.90. The SMILES string of the molecule is CCCNCc1ccc(CN2CCN(CC)C(C)C2)o1. The standard InChI is InChI=1S/C16H29N3O/c1-4-8-17-11-15-6-7-16(20-15)13-18-9-10-19(5-2)14(3)12-18/h6-7,14,17H,4-5,8-13H2,1-3H3. The molecule has 0 saturated carbocycles. The zero-order valence-corrected chi connectivity index (χ0v) is 13.2. The van der Waals surface area contributed by atoms with Crippen molar-refractivity contribution >= 4 is 0 Å². The summed E-state index contributed by atoms with van der Waals surface area (Å²) in [6.45, 7) is 14.2. The van der Waals surface area contributed by atoms with E-state index in [-0.39, 0.29) is 0 Å². The Balaban J connectivity index is 1.79. The molecule has 1 atom stereocenters. The molecule has 1 saturated heterocycles. The highest BCUT2D eigenvalue weighted by atomic mass is 16.3. The molecular weight excluding hydrogens is 250 g/mol. The lowest BCUT2D eigenvalue weighted by Crippen LogP contribution is -2.51. The quantitative estimate of drug-likeness (QED) is 0.776. The van der Waals surface area contributed by atoms with E-state index in [4.69, 9.17) is 4.42 Å². The molecule has 0 amide bonds. The van der Waals surface area contributed by atoms with Gasteiger partial charge >= 0.3 is 0 Å². The van der Waals surface area contributed by atoms with Crippen LogP contribution in [0.5, 0.6) is 0 Å². The minimum atomic E-state index is 0.648. The van der Waals surface area contributed by atoms with E-state index in [1.807, 2.05) is 0 Å². The molecule has 1 aliphatic rings. The average molecular weight is 279 g/mol. The molecule has 2 rings (SSSR count). The Morgan fingerprint density at radius 1 is 1.25 bits per heavy atom. The summed E-state index contributed by atoms with van der Waals surface area (Å²) < 4.78 is 5.90. The lowest BCUT2D eigenvalue weighted by molar-refractivity contribution is 0.0787. The van der Waals surface area contributed by atoms with Crippen molar-refractivity contribution in [3.8, 4) is 0 Å². The number of rotatable bonds is 7. The third-order valence-corrected chi connectivity index (χ3v) is 4.08. The Morgan fingerprint density at radius 2 is 2.05 bits per heavy atom. The Hall–Kier alpha value is -0.840. The first-order valence-electron chi connectivity index (χ1n) is 7.97. The van der Waals surface area contributed by atoms with Gasteiger partial charge in [0.25, 0.3) is 0 Å². The molecular formula is C16H29N3O. The smallest absolute Gasteiger partial charge is 0.118 e. The van der Waals surface area contributed by atoms with E-state index in [2.05, 4.69) is 48.0 Å². The van der Waals surface area contributed by atoms with Crippen molar-refractivity contribution in [2.75, 3.05) is 32.7 Å². The summed E-state index contributed by atoms with van der Waals surface area (Å²) in [5.41, 5.74) is 0. The van der Waals surface area contributed by atoms with Gasteiger partial charge in [0.15, 0.2) is 0 Å². The van der Waals surface area contributed by atoms with Crippen LogP contribution in [0.1, 0.15) is 38.7 Å². The largest absolute Gasteiger partial charge is 0.463 e. The van der Waals surface area contributed by atoms with Crippen molar-refractivity contribution in [2.24, 2.45) is 0 Å². The summed E-state index contributed by atoms with van der Waals surface area (Å²) in [4.78, 5) is 5.04. The highest BCUT2D eigenvalue weighted by molar-refractivity contribution is 5.07. The van der Waals surface area contributed by atoms with Crippen molar-refractivity contribution in [3.63, 3.8) is 0 Å². The monoisotopic (exact) mass is 279 g/mol. The van der Waals surface area contributed by atoms with Crippen LogP contribution in [-0.4, -0.2) is 48.6 Å². The summed E-state index contributed by atoms with van der Waals surface area (Å²) in [5.74, 6) is 2.14. The van der Waals surface area contributed by atoms with Crippen LogP contribution in [0.2, 0.25) is 0 Å².